The minimum absolute atomic E-state index is 0. The van der Waals surface area contributed by atoms with E-state index < -0.39 is 0 Å². The van der Waals surface area contributed by atoms with Crippen LogP contribution in [-0.4, -0.2) is 65.3 Å². The van der Waals surface area contributed by atoms with Crippen molar-refractivity contribution in [3.8, 4) is 0 Å². The van der Waals surface area contributed by atoms with Crippen molar-refractivity contribution in [3.05, 3.63) is 18.0 Å². The molecule has 1 saturated heterocycles. The molecule has 0 atom stereocenters. The van der Waals surface area contributed by atoms with Crippen LogP contribution in [0, 0.1) is 0 Å². The van der Waals surface area contributed by atoms with Gasteiger partial charge in [0.1, 0.15) is 0 Å². The molecule has 2 heterocycles. The molecule has 2 rings (SSSR count). The number of piperazine rings is 1. The summed E-state index contributed by atoms with van der Waals surface area (Å²) in [6.07, 6.45) is 5.04. The van der Waals surface area contributed by atoms with E-state index in [1.807, 2.05) is 22.8 Å². The standard InChI is InChI=1S/C14H25N5O.ClH/c1-3-6-19-11-13(9-16-19)10-17(2)12-14(20)18-7-4-15-5-8-18;/h9,11,15H,3-8,10,12H2,1-2H3;1H. The number of likely N-dealkylation sites (N-methyl/N-ethyl adjacent to an activating group) is 1. The van der Waals surface area contributed by atoms with Crippen LogP contribution in [0.1, 0.15) is 18.9 Å². The van der Waals surface area contributed by atoms with Crippen molar-refractivity contribution >= 4 is 18.3 Å². The van der Waals surface area contributed by atoms with Gasteiger partial charge in [0.05, 0.1) is 12.7 Å². The molecule has 0 saturated carbocycles. The number of hydrogen-bond donors (Lipinski definition) is 1. The third-order valence-electron chi connectivity index (χ3n) is 3.47. The van der Waals surface area contributed by atoms with Gasteiger partial charge >= 0.3 is 0 Å². The van der Waals surface area contributed by atoms with Gasteiger partial charge in [-0.3, -0.25) is 14.4 Å². The van der Waals surface area contributed by atoms with E-state index in [9.17, 15) is 4.79 Å². The van der Waals surface area contributed by atoms with Crippen molar-refractivity contribution < 1.29 is 4.79 Å². The number of amides is 1. The lowest BCUT2D eigenvalue weighted by Gasteiger charge is -2.29. The number of rotatable bonds is 6. The molecule has 1 fully saturated rings. The maximum atomic E-state index is 12.1. The summed E-state index contributed by atoms with van der Waals surface area (Å²) >= 11 is 0. The topological polar surface area (TPSA) is 53.4 Å². The second-order valence-corrected chi connectivity index (χ2v) is 5.41. The smallest absolute Gasteiger partial charge is 0.236 e. The highest BCUT2D eigenvalue weighted by atomic mass is 35.5. The molecular formula is C14H26ClN5O. The predicted molar refractivity (Wildman–Crippen MR) is 85.5 cm³/mol. The molecule has 1 aliphatic rings. The van der Waals surface area contributed by atoms with Gasteiger partial charge in [0.15, 0.2) is 0 Å². The Morgan fingerprint density at radius 2 is 2.14 bits per heavy atom. The molecule has 1 aromatic heterocycles. The van der Waals surface area contributed by atoms with Crippen molar-refractivity contribution in [3.63, 3.8) is 0 Å². The lowest BCUT2D eigenvalue weighted by molar-refractivity contribution is -0.132. The van der Waals surface area contributed by atoms with E-state index in [2.05, 4.69) is 28.4 Å². The van der Waals surface area contributed by atoms with E-state index in [1.165, 1.54) is 0 Å². The molecule has 1 aromatic rings. The van der Waals surface area contributed by atoms with Crippen LogP contribution in [0.3, 0.4) is 0 Å². The molecule has 0 unspecified atom stereocenters. The van der Waals surface area contributed by atoms with Gasteiger partial charge in [-0.2, -0.15) is 5.10 Å². The van der Waals surface area contributed by atoms with Gasteiger partial charge in [0, 0.05) is 51.0 Å². The zero-order valence-corrected chi connectivity index (χ0v) is 13.7. The molecule has 1 N–H and O–H groups in total. The number of carbonyl (C=O) groups excluding carboxylic acids is 1. The molecule has 0 aromatic carbocycles. The van der Waals surface area contributed by atoms with Crippen LogP contribution >= 0.6 is 12.4 Å². The first-order valence-corrected chi connectivity index (χ1v) is 7.37. The van der Waals surface area contributed by atoms with Crippen molar-refractivity contribution in [1.82, 2.24) is 24.9 Å². The average Bonchev–Trinajstić information content (AvgIpc) is 2.87. The third-order valence-corrected chi connectivity index (χ3v) is 3.47. The Morgan fingerprint density at radius 1 is 1.43 bits per heavy atom. The van der Waals surface area contributed by atoms with E-state index in [4.69, 9.17) is 0 Å². The van der Waals surface area contributed by atoms with Crippen LogP contribution in [0.5, 0.6) is 0 Å². The Hall–Kier alpha value is -1.11. The summed E-state index contributed by atoms with van der Waals surface area (Å²) in [5.74, 6) is 0.218. The van der Waals surface area contributed by atoms with Crippen molar-refractivity contribution in [2.45, 2.75) is 26.4 Å². The summed E-state index contributed by atoms with van der Waals surface area (Å²) in [4.78, 5) is 16.1. The first-order chi connectivity index (χ1) is 9.69. The number of aryl methyl sites for hydroxylation is 1. The summed E-state index contributed by atoms with van der Waals surface area (Å²) < 4.78 is 1.96. The minimum atomic E-state index is 0. The Balaban J connectivity index is 0.00000220. The summed E-state index contributed by atoms with van der Waals surface area (Å²) in [7, 11) is 1.98. The van der Waals surface area contributed by atoms with E-state index >= 15 is 0 Å². The third kappa shape index (κ3) is 5.65. The van der Waals surface area contributed by atoms with E-state index in [-0.39, 0.29) is 18.3 Å². The number of nitrogens with zero attached hydrogens (tertiary/aromatic N) is 4. The Kier molecular flexibility index (Phi) is 7.71. The second kappa shape index (κ2) is 9.02. The second-order valence-electron chi connectivity index (χ2n) is 5.41. The molecule has 7 heteroatoms. The summed E-state index contributed by atoms with van der Waals surface area (Å²) in [5, 5.41) is 7.57. The van der Waals surface area contributed by atoms with E-state index in [1.54, 1.807) is 0 Å². The fourth-order valence-corrected chi connectivity index (χ4v) is 2.45. The van der Waals surface area contributed by atoms with Gasteiger partial charge < -0.3 is 10.2 Å². The molecule has 0 spiro atoms. The SMILES string of the molecule is CCCn1cc(CN(C)CC(=O)N2CCNCC2)cn1.Cl. The number of hydrogen-bond acceptors (Lipinski definition) is 4. The zero-order chi connectivity index (χ0) is 14.4. The van der Waals surface area contributed by atoms with Crippen LogP contribution in [0.2, 0.25) is 0 Å². The number of carbonyl (C=O) groups is 1. The Morgan fingerprint density at radius 3 is 2.81 bits per heavy atom. The van der Waals surface area contributed by atoms with Crippen LogP contribution in [-0.2, 0) is 17.9 Å². The summed E-state index contributed by atoms with van der Waals surface area (Å²) in [6.45, 7) is 7.77. The highest BCUT2D eigenvalue weighted by Crippen LogP contribution is 2.04. The highest BCUT2D eigenvalue weighted by molar-refractivity contribution is 5.85. The molecule has 120 valence electrons. The molecule has 0 bridgehead atoms. The van der Waals surface area contributed by atoms with Gasteiger partial charge in [-0.1, -0.05) is 6.92 Å². The fraction of sp³-hybridized carbons (Fsp3) is 0.714. The zero-order valence-electron chi connectivity index (χ0n) is 12.9. The van der Waals surface area contributed by atoms with Crippen LogP contribution in [0.4, 0.5) is 0 Å². The van der Waals surface area contributed by atoms with E-state index in [0.29, 0.717) is 6.54 Å². The van der Waals surface area contributed by atoms with Crippen LogP contribution < -0.4 is 5.32 Å². The molecule has 0 radical (unpaired) electrons. The van der Waals surface area contributed by atoms with Gasteiger partial charge in [-0.05, 0) is 13.5 Å². The predicted octanol–water partition coefficient (Wildman–Crippen LogP) is 0.579. The fourth-order valence-electron chi connectivity index (χ4n) is 2.45. The Bertz CT molecular complexity index is 431. The molecule has 1 amide bonds. The quantitative estimate of drug-likeness (QED) is 0.834. The lowest BCUT2D eigenvalue weighted by atomic mass is 10.3. The average molecular weight is 316 g/mol. The lowest BCUT2D eigenvalue weighted by Crippen LogP contribution is -2.49. The number of aromatic nitrogens is 2. The molecule has 21 heavy (non-hydrogen) atoms. The minimum Gasteiger partial charge on any atom is -0.339 e. The maximum absolute atomic E-state index is 12.1. The van der Waals surface area contributed by atoms with Gasteiger partial charge in [0.2, 0.25) is 5.91 Å². The highest BCUT2D eigenvalue weighted by Gasteiger charge is 2.17. The van der Waals surface area contributed by atoms with Gasteiger partial charge in [-0.25, -0.2) is 0 Å². The van der Waals surface area contributed by atoms with Crippen molar-refractivity contribution in [1.29, 1.82) is 0 Å². The van der Waals surface area contributed by atoms with Crippen molar-refractivity contribution in [2.75, 3.05) is 39.8 Å². The van der Waals surface area contributed by atoms with Gasteiger partial charge in [0.25, 0.3) is 0 Å². The van der Waals surface area contributed by atoms with Crippen LogP contribution in [0.15, 0.2) is 12.4 Å². The number of nitrogens with one attached hydrogen (secondary N) is 1. The van der Waals surface area contributed by atoms with Crippen molar-refractivity contribution in [2.24, 2.45) is 0 Å². The molecule has 0 aliphatic carbocycles. The number of halogens is 1. The molecule has 6 nitrogen and oxygen atoms in total. The molecule has 1 aliphatic heterocycles. The summed E-state index contributed by atoms with van der Waals surface area (Å²) in [6, 6.07) is 0. The van der Waals surface area contributed by atoms with Gasteiger partial charge in [-0.15, -0.1) is 12.4 Å². The largest absolute Gasteiger partial charge is 0.339 e. The van der Waals surface area contributed by atoms with Crippen LogP contribution in [0.25, 0.3) is 0 Å². The monoisotopic (exact) mass is 315 g/mol. The Labute approximate surface area is 132 Å². The first kappa shape index (κ1) is 17.9. The normalized spacial score (nSPS) is 15.1. The maximum Gasteiger partial charge on any atom is 0.236 e. The first-order valence-electron chi connectivity index (χ1n) is 7.37. The summed E-state index contributed by atoms with van der Waals surface area (Å²) in [5.41, 5.74) is 1.16. The molecular weight excluding hydrogens is 290 g/mol. The van der Waals surface area contributed by atoms with E-state index in [0.717, 1.165) is 51.3 Å².